The zero-order valence-corrected chi connectivity index (χ0v) is 15.6. The number of aliphatic imine (C=N–C) groups is 1. The summed E-state index contributed by atoms with van der Waals surface area (Å²) in [5.74, 6) is 1.10. The number of nitrogens with one attached hydrogen (secondary N) is 2. The maximum atomic E-state index is 11.8. The van der Waals surface area contributed by atoms with Gasteiger partial charge in [0.25, 0.3) is 0 Å². The highest BCUT2D eigenvalue weighted by Crippen LogP contribution is 2.29. The van der Waals surface area contributed by atoms with Crippen molar-refractivity contribution in [1.29, 1.82) is 0 Å². The van der Waals surface area contributed by atoms with Crippen LogP contribution in [-0.4, -0.2) is 55.5 Å². The highest BCUT2D eigenvalue weighted by Gasteiger charge is 2.34. The van der Waals surface area contributed by atoms with Gasteiger partial charge in [0.1, 0.15) is 0 Å². The van der Waals surface area contributed by atoms with Crippen molar-refractivity contribution in [3.63, 3.8) is 0 Å². The number of rotatable bonds is 5. The van der Waals surface area contributed by atoms with Crippen LogP contribution < -0.4 is 15.5 Å². The molecule has 1 saturated carbocycles. The molecule has 2 saturated heterocycles. The molecule has 1 unspecified atom stereocenters. The number of anilines is 1. The minimum atomic E-state index is 0.234. The first-order valence-electron chi connectivity index (χ1n) is 9.83. The lowest BCUT2D eigenvalue weighted by Gasteiger charge is -2.19. The van der Waals surface area contributed by atoms with Gasteiger partial charge in [-0.3, -0.25) is 14.7 Å². The number of carbonyl (C=O) groups is 1. The Hall–Kier alpha value is -2.08. The molecule has 1 aromatic rings. The number of carbonyl (C=O) groups excluding carboxylic acids is 1. The fraction of sp³-hybridized carbons (Fsp3) is 0.600. The van der Waals surface area contributed by atoms with Crippen LogP contribution in [0.3, 0.4) is 0 Å². The Bertz CT molecular complexity index is 667. The summed E-state index contributed by atoms with van der Waals surface area (Å²) in [7, 11) is 1.82. The molecule has 1 aliphatic carbocycles. The molecule has 3 aliphatic rings. The number of likely N-dealkylation sites (tertiary alicyclic amines) is 1. The summed E-state index contributed by atoms with van der Waals surface area (Å²) in [4.78, 5) is 20.7. The van der Waals surface area contributed by atoms with E-state index in [2.05, 4.69) is 32.7 Å². The lowest BCUT2D eigenvalue weighted by atomic mass is 10.2. The van der Waals surface area contributed by atoms with Gasteiger partial charge in [-0.25, -0.2) is 0 Å². The molecule has 26 heavy (non-hydrogen) atoms. The fourth-order valence-electron chi connectivity index (χ4n) is 3.97. The molecular formula is C20H29N5O. The summed E-state index contributed by atoms with van der Waals surface area (Å²) >= 11 is 0. The van der Waals surface area contributed by atoms with Crippen molar-refractivity contribution in [3.8, 4) is 0 Å². The Morgan fingerprint density at radius 2 is 2.00 bits per heavy atom. The number of nitrogens with zero attached hydrogens (tertiary/aromatic N) is 3. The predicted octanol–water partition coefficient (Wildman–Crippen LogP) is 1.72. The van der Waals surface area contributed by atoms with Crippen molar-refractivity contribution in [2.75, 3.05) is 31.6 Å². The minimum Gasteiger partial charge on any atom is -0.352 e. The Labute approximate surface area is 155 Å². The van der Waals surface area contributed by atoms with Crippen LogP contribution in [0.2, 0.25) is 0 Å². The van der Waals surface area contributed by atoms with Crippen LogP contribution in [0.1, 0.15) is 37.7 Å². The van der Waals surface area contributed by atoms with Gasteiger partial charge in [0, 0.05) is 57.4 Å². The molecule has 6 heteroatoms. The van der Waals surface area contributed by atoms with E-state index in [4.69, 9.17) is 0 Å². The summed E-state index contributed by atoms with van der Waals surface area (Å²) in [6.07, 6.45) is 5.57. The van der Waals surface area contributed by atoms with E-state index in [1.807, 2.05) is 24.1 Å². The number of hydrogen-bond acceptors (Lipinski definition) is 3. The molecule has 0 aromatic heterocycles. The van der Waals surface area contributed by atoms with Gasteiger partial charge in [-0.15, -0.1) is 0 Å². The Balaban J connectivity index is 1.26. The highest BCUT2D eigenvalue weighted by atomic mass is 16.2. The van der Waals surface area contributed by atoms with Gasteiger partial charge in [-0.1, -0.05) is 12.1 Å². The smallest absolute Gasteiger partial charge is 0.227 e. The van der Waals surface area contributed by atoms with Crippen molar-refractivity contribution in [3.05, 3.63) is 29.8 Å². The van der Waals surface area contributed by atoms with Crippen molar-refractivity contribution in [2.45, 2.75) is 50.7 Å². The van der Waals surface area contributed by atoms with Gasteiger partial charge in [0.15, 0.2) is 5.96 Å². The van der Waals surface area contributed by atoms with Crippen molar-refractivity contribution >= 4 is 17.6 Å². The molecule has 4 rings (SSSR count). The average Bonchev–Trinajstić information content (AvgIpc) is 3.26. The standard InChI is InChI=1S/C20H29N5O/c1-21-20(23-16-10-12-24(14-16)17-8-9-17)22-13-15-4-6-18(7-5-15)25-11-2-3-19(25)26/h4-7,16-17H,2-3,8-14H2,1H3,(H2,21,22,23). The summed E-state index contributed by atoms with van der Waals surface area (Å²) in [5, 5.41) is 6.96. The van der Waals surface area contributed by atoms with E-state index in [1.54, 1.807) is 0 Å². The van der Waals surface area contributed by atoms with Gasteiger partial charge in [-0.05, 0) is 43.4 Å². The van der Waals surface area contributed by atoms with Crippen molar-refractivity contribution in [1.82, 2.24) is 15.5 Å². The summed E-state index contributed by atoms with van der Waals surface area (Å²) in [6, 6.07) is 9.60. The summed E-state index contributed by atoms with van der Waals surface area (Å²) < 4.78 is 0. The van der Waals surface area contributed by atoms with Gasteiger partial charge >= 0.3 is 0 Å². The number of benzene rings is 1. The molecule has 2 heterocycles. The second kappa shape index (κ2) is 7.66. The molecular weight excluding hydrogens is 326 g/mol. The van der Waals surface area contributed by atoms with E-state index in [-0.39, 0.29) is 5.91 Å². The molecule has 0 bridgehead atoms. The maximum Gasteiger partial charge on any atom is 0.227 e. The van der Waals surface area contributed by atoms with E-state index in [9.17, 15) is 4.79 Å². The first kappa shape index (κ1) is 17.3. The van der Waals surface area contributed by atoms with E-state index in [0.717, 1.165) is 43.7 Å². The van der Waals surface area contributed by atoms with Crippen LogP contribution in [0.5, 0.6) is 0 Å². The van der Waals surface area contributed by atoms with Crippen LogP contribution in [0.25, 0.3) is 0 Å². The van der Waals surface area contributed by atoms with Gasteiger partial charge < -0.3 is 15.5 Å². The van der Waals surface area contributed by atoms with E-state index in [1.165, 1.54) is 31.4 Å². The van der Waals surface area contributed by atoms with E-state index in [0.29, 0.717) is 12.5 Å². The van der Waals surface area contributed by atoms with Gasteiger partial charge in [0.2, 0.25) is 5.91 Å². The lowest BCUT2D eigenvalue weighted by Crippen LogP contribution is -2.44. The van der Waals surface area contributed by atoms with Crippen LogP contribution in [0.4, 0.5) is 5.69 Å². The van der Waals surface area contributed by atoms with E-state index >= 15 is 0 Å². The first-order chi connectivity index (χ1) is 12.7. The second-order valence-electron chi connectivity index (χ2n) is 7.60. The maximum absolute atomic E-state index is 11.8. The molecule has 0 spiro atoms. The summed E-state index contributed by atoms with van der Waals surface area (Å²) in [5.41, 5.74) is 2.19. The van der Waals surface area contributed by atoms with Crippen molar-refractivity contribution in [2.24, 2.45) is 4.99 Å². The quantitative estimate of drug-likeness (QED) is 0.624. The van der Waals surface area contributed by atoms with Crippen LogP contribution in [-0.2, 0) is 11.3 Å². The molecule has 2 N–H and O–H groups in total. The minimum absolute atomic E-state index is 0.234. The lowest BCUT2D eigenvalue weighted by molar-refractivity contribution is -0.117. The number of hydrogen-bond donors (Lipinski definition) is 2. The largest absolute Gasteiger partial charge is 0.352 e. The number of amides is 1. The highest BCUT2D eigenvalue weighted by molar-refractivity contribution is 5.95. The van der Waals surface area contributed by atoms with Gasteiger partial charge in [-0.2, -0.15) is 0 Å². The Morgan fingerprint density at radius 1 is 1.19 bits per heavy atom. The molecule has 3 fully saturated rings. The van der Waals surface area contributed by atoms with Crippen molar-refractivity contribution < 1.29 is 4.79 Å². The third-order valence-corrected chi connectivity index (χ3v) is 5.63. The SMILES string of the molecule is CN=C(NCc1ccc(N2CCCC2=O)cc1)NC1CCN(C2CC2)C1. The fourth-order valence-corrected chi connectivity index (χ4v) is 3.97. The second-order valence-corrected chi connectivity index (χ2v) is 7.60. The zero-order valence-electron chi connectivity index (χ0n) is 15.6. The normalized spacial score (nSPS) is 24.3. The molecule has 0 radical (unpaired) electrons. The van der Waals surface area contributed by atoms with Crippen LogP contribution in [0.15, 0.2) is 29.3 Å². The first-order valence-corrected chi connectivity index (χ1v) is 9.83. The third kappa shape index (κ3) is 4.01. The summed E-state index contributed by atoms with van der Waals surface area (Å²) in [6.45, 7) is 3.90. The Morgan fingerprint density at radius 3 is 2.65 bits per heavy atom. The van der Waals surface area contributed by atoms with E-state index < -0.39 is 0 Å². The zero-order chi connectivity index (χ0) is 17.9. The predicted molar refractivity (Wildman–Crippen MR) is 104 cm³/mol. The van der Waals surface area contributed by atoms with Crippen LogP contribution in [0, 0.1) is 0 Å². The molecule has 1 atom stereocenters. The molecule has 2 aliphatic heterocycles. The third-order valence-electron chi connectivity index (χ3n) is 5.63. The number of guanidine groups is 1. The molecule has 6 nitrogen and oxygen atoms in total. The molecule has 1 amide bonds. The van der Waals surface area contributed by atoms with Crippen LogP contribution >= 0.6 is 0 Å². The molecule has 140 valence electrons. The monoisotopic (exact) mass is 355 g/mol. The molecule has 1 aromatic carbocycles. The topological polar surface area (TPSA) is 60.0 Å². The van der Waals surface area contributed by atoms with Gasteiger partial charge in [0.05, 0.1) is 0 Å². The average molecular weight is 355 g/mol. The Kier molecular flexibility index (Phi) is 5.11.